The second-order valence-electron chi connectivity index (χ2n) is 4.53. The van der Waals surface area contributed by atoms with Crippen LogP contribution in [0.5, 0.6) is 5.75 Å². The van der Waals surface area contributed by atoms with E-state index in [1.165, 1.54) is 31.4 Å². The maximum Gasteiger partial charge on any atom is 0.274 e. The van der Waals surface area contributed by atoms with E-state index in [0.717, 1.165) is 0 Å². The van der Waals surface area contributed by atoms with Gasteiger partial charge >= 0.3 is 0 Å². The normalized spacial score (nSPS) is 11.8. The van der Waals surface area contributed by atoms with Crippen LogP contribution in [0.1, 0.15) is 18.5 Å². The number of nitrogens with zero attached hydrogens (tertiary/aromatic N) is 1. The average molecular weight is 290 g/mol. The second-order valence-corrected chi connectivity index (χ2v) is 4.53. The van der Waals surface area contributed by atoms with Crippen molar-refractivity contribution in [1.82, 2.24) is 0 Å². The van der Waals surface area contributed by atoms with E-state index >= 15 is 0 Å². The third kappa shape index (κ3) is 3.28. The Morgan fingerprint density at radius 3 is 2.67 bits per heavy atom. The SMILES string of the molecule is COc1ccc(F)c(NC(C)c2ccccc2[N+](=O)[O-])c1. The Balaban J connectivity index is 2.30. The minimum Gasteiger partial charge on any atom is -0.497 e. The number of hydrogen-bond acceptors (Lipinski definition) is 4. The number of nitro groups is 1. The highest BCUT2D eigenvalue weighted by Crippen LogP contribution is 2.29. The lowest BCUT2D eigenvalue weighted by atomic mass is 10.1. The molecule has 0 bridgehead atoms. The molecule has 2 rings (SSSR count). The second kappa shape index (κ2) is 6.21. The van der Waals surface area contributed by atoms with Crippen molar-refractivity contribution in [2.75, 3.05) is 12.4 Å². The largest absolute Gasteiger partial charge is 0.497 e. The third-order valence-electron chi connectivity index (χ3n) is 3.15. The van der Waals surface area contributed by atoms with E-state index in [4.69, 9.17) is 4.74 Å². The third-order valence-corrected chi connectivity index (χ3v) is 3.15. The Kier molecular flexibility index (Phi) is 4.37. The lowest BCUT2D eigenvalue weighted by Gasteiger charge is -2.17. The fourth-order valence-corrected chi connectivity index (χ4v) is 2.07. The van der Waals surface area contributed by atoms with Crippen LogP contribution in [0.15, 0.2) is 42.5 Å². The van der Waals surface area contributed by atoms with Gasteiger partial charge in [0.05, 0.1) is 29.3 Å². The summed E-state index contributed by atoms with van der Waals surface area (Å²) >= 11 is 0. The van der Waals surface area contributed by atoms with Crippen molar-refractivity contribution in [3.63, 3.8) is 0 Å². The zero-order valence-corrected chi connectivity index (χ0v) is 11.7. The molecule has 0 aliphatic carbocycles. The van der Waals surface area contributed by atoms with Crippen LogP contribution >= 0.6 is 0 Å². The smallest absolute Gasteiger partial charge is 0.274 e. The summed E-state index contributed by atoms with van der Waals surface area (Å²) in [4.78, 5) is 10.6. The van der Waals surface area contributed by atoms with E-state index < -0.39 is 16.8 Å². The summed E-state index contributed by atoms with van der Waals surface area (Å²) in [5, 5.41) is 14.0. The minimum absolute atomic E-state index is 0.000745. The first-order valence-electron chi connectivity index (χ1n) is 6.36. The van der Waals surface area contributed by atoms with Gasteiger partial charge in [-0.3, -0.25) is 10.1 Å². The molecule has 0 aromatic heterocycles. The molecule has 5 nitrogen and oxygen atoms in total. The standard InChI is InChI=1S/C15H15FN2O3/c1-10(12-5-3-4-6-15(12)18(19)20)17-14-9-11(21-2)7-8-13(14)16/h3-10,17H,1-2H3. The van der Waals surface area contributed by atoms with Crippen molar-refractivity contribution in [1.29, 1.82) is 0 Å². The summed E-state index contributed by atoms with van der Waals surface area (Å²) < 4.78 is 18.8. The number of hydrogen-bond donors (Lipinski definition) is 1. The topological polar surface area (TPSA) is 64.4 Å². The summed E-state index contributed by atoms with van der Waals surface area (Å²) in [5.41, 5.74) is 0.727. The highest BCUT2D eigenvalue weighted by molar-refractivity contribution is 5.53. The molecule has 0 radical (unpaired) electrons. The Morgan fingerprint density at radius 1 is 1.29 bits per heavy atom. The van der Waals surface area contributed by atoms with E-state index in [-0.39, 0.29) is 11.4 Å². The zero-order chi connectivity index (χ0) is 15.4. The molecule has 6 heteroatoms. The first-order valence-corrected chi connectivity index (χ1v) is 6.36. The van der Waals surface area contributed by atoms with Crippen molar-refractivity contribution in [2.45, 2.75) is 13.0 Å². The molecule has 21 heavy (non-hydrogen) atoms. The molecule has 0 amide bonds. The predicted octanol–water partition coefficient (Wildman–Crippen LogP) is 3.92. The Labute approximate surface area is 121 Å². The zero-order valence-electron chi connectivity index (χ0n) is 11.7. The first-order chi connectivity index (χ1) is 10.0. The van der Waals surface area contributed by atoms with E-state index in [1.54, 1.807) is 25.1 Å². The van der Waals surface area contributed by atoms with Crippen LogP contribution in [0.4, 0.5) is 15.8 Å². The van der Waals surface area contributed by atoms with Gasteiger partial charge in [-0.2, -0.15) is 0 Å². The van der Waals surface area contributed by atoms with Crippen LogP contribution < -0.4 is 10.1 Å². The summed E-state index contributed by atoms with van der Waals surface area (Å²) in [6, 6.07) is 10.3. The van der Waals surface area contributed by atoms with Gasteiger partial charge in [-0.1, -0.05) is 18.2 Å². The fourth-order valence-electron chi connectivity index (χ4n) is 2.07. The molecule has 0 fully saturated rings. The van der Waals surface area contributed by atoms with Crippen molar-refractivity contribution < 1.29 is 14.1 Å². The maximum atomic E-state index is 13.8. The molecule has 1 unspecified atom stereocenters. The Hall–Kier alpha value is -2.63. The van der Waals surface area contributed by atoms with Gasteiger partial charge in [0.25, 0.3) is 5.69 Å². The summed E-state index contributed by atoms with van der Waals surface area (Å²) in [6.07, 6.45) is 0. The Morgan fingerprint density at radius 2 is 2.00 bits per heavy atom. The van der Waals surface area contributed by atoms with Gasteiger partial charge in [0, 0.05) is 12.1 Å². The molecular formula is C15H15FN2O3. The average Bonchev–Trinajstić information content (AvgIpc) is 2.49. The van der Waals surface area contributed by atoms with E-state index in [2.05, 4.69) is 5.32 Å². The lowest BCUT2D eigenvalue weighted by molar-refractivity contribution is -0.385. The summed E-state index contributed by atoms with van der Waals surface area (Å²) in [5.74, 6) is 0.0647. The number of benzene rings is 2. The number of nitro benzene ring substituents is 1. The van der Waals surface area contributed by atoms with E-state index in [0.29, 0.717) is 11.3 Å². The summed E-state index contributed by atoms with van der Waals surface area (Å²) in [6.45, 7) is 1.74. The molecule has 0 saturated carbocycles. The molecule has 0 aliphatic rings. The van der Waals surface area contributed by atoms with Crippen LogP contribution in [-0.4, -0.2) is 12.0 Å². The van der Waals surface area contributed by atoms with Crippen LogP contribution in [-0.2, 0) is 0 Å². The molecule has 0 saturated heterocycles. The van der Waals surface area contributed by atoms with Crippen molar-refractivity contribution >= 4 is 11.4 Å². The Bertz CT molecular complexity index is 661. The molecule has 110 valence electrons. The van der Waals surface area contributed by atoms with Crippen LogP contribution in [0.2, 0.25) is 0 Å². The highest BCUT2D eigenvalue weighted by Gasteiger charge is 2.19. The number of anilines is 1. The molecule has 2 aromatic rings. The van der Waals surface area contributed by atoms with Gasteiger partial charge in [0.2, 0.25) is 0 Å². The van der Waals surface area contributed by atoms with Crippen molar-refractivity contribution in [3.8, 4) is 5.75 Å². The minimum atomic E-state index is -0.449. The molecule has 0 heterocycles. The van der Waals surface area contributed by atoms with Crippen LogP contribution in [0.3, 0.4) is 0 Å². The fraction of sp³-hybridized carbons (Fsp3) is 0.200. The molecule has 0 aliphatic heterocycles. The first kappa shape index (κ1) is 14.8. The van der Waals surface area contributed by atoms with Gasteiger partial charge in [-0.25, -0.2) is 4.39 Å². The van der Waals surface area contributed by atoms with Gasteiger partial charge in [-0.05, 0) is 19.1 Å². The number of rotatable bonds is 5. The monoisotopic (exact) mass is 290 g/mol. The quantitative estimate of drug-likeness (QED) is 0.669. The highest BCUT2D eigenvalue weighted by atomic mass is 19.1. The molecule has 0 spiro atoms. The number of methoxy groups -OCH3 is 1. The molecule has 1 N–H and O–H groups in total. The number of para-hydroxylation sites is 1. The van der Waals surface area contributed by atoms with Gasteiger partial charge in [-0.15, -0.1) is 0 Å². The molecular weight excluding hydrogens is 275 g/mol. The summed E-state index contributed by atoms with van der Waals surface area (Å²) in [7, 11) is 1.49. The molecule has 2 aromatic carbocycles. The van der Waals surface area contributed by atoms with E-state index in [9.17, 15) is 14.5 Å². The van der Waals surface area contributed by atoms with Crippen LogP contribution in [0.25, 0.3) is 0 Å². The number of nitrogens with one attached hydrogen (secondary N) is 1. The molecule has 1 atom stereocenters. The van der Waals surface area contributed by atoms with Crippen LogP contribution in [0, 0.1) is 15.9 Å². The lowest BCUT2D eigenvalue weighted by Crippen LogP contribution is -2.10. The van der Waals surface area contributed by atoms with Crippen molar-refractivity contribution in [3.05, 3.63) is 64.0 Å². The number of halogens is 1. The van der Waals surface area contributed by atoms with Crippen molar-refractivity contribution in [2.24, 2.45) is 0 Å². The van der Waals surface area contributed by atoms with Gasteiger partial charge in [0.1, 0.15) is 11.6 Å². The predicted molar refractivity (Wildman–Crippen MR) is 78.1 cm³/mol. The van der Waals surface area contributed by atoms with Gasteiger partial charge < -0.3 is 10.1 Å². The maximum absolute atomic E-state index is 13.8. The van der Waals surface area contributed by atoms with E-state index in [1.807, 2.05) is 0 Å². The van der Waals surface area contributed by atoms with Gasteiger partial charge in [0.15, 0.2) is 0 Å². The number of ether oxygens (including phenoxy) is 1.